The summed E-state index contributed by atoms with van der Waals surface area (Å²) in [5.74, 6) is 0.609. The summed E-state index contributed by atoms with van der Waals surface area (Å²) in [6.45, 7) is 2.12. The number of nitrogens with zero attached hydrogens (tertiary/aromatic N) is 2. The van der Waals surface area contributed by atoms with E-state index in [1.807, 2.05) is 24.4 Å². The number of aromatic nitrogens is 3. The number of aromatic amines is 1. The summed E-state index contributed by atoms with van der Waals surface area (Å²) in [7, 11) is 0. The molecule has 0 saturated carbocycles. The molecule has 3 aromatic rings. The molecule has 17 heavy (non-hydrogen) atoms. The molecule has 0 aliphatic heterocycles. The highest BCUT2D eigenvalue weighted by atomic mass is 16.5. The lowest BCUT2D eigenvalue weighted by molar-refractivity contribution is 0.433. The third kappa shape index (κ3) is 1.56. The third-order valence-electron chi connectivity index (χ3n) is 2.84. The Morgan fingerprint density at radius 1 is 1.41 bits per heavy atom. The largest absolute Gasteiger partial charge is 0.365 e. The molecule has 1 aromatic carbocycles. The van der Waals surface area contributed by atoms with Crippen LogP contribution >= 0.6 is 0 Å². The summed E-state index contributed by atoms with van der Waals surface area (Å²) in [5, 5.41) is 4.77. The van der Waals surface area contributed by atoms with Gasteiger partial charge in [-0.15, -0.1) is 0 Å². The molecule has 0 saturated heterocycles. The van der Waals surface area contributed by atoms with Crippen LogP contribution in [0.2, 0.25) is 0 Å². The fourth-order valence-corrected chi connectivity index (χ4v) is 1.96. The topological polar surface area (TPSA) is 80.7 Å². The average molecular weight is 228 g/mol. The molecule has 86 valence electrons. The molecule has 0 bridgehead atoms. The molecule has 0 amide bonds. The molecule has 5 nitrogen and oxygen atoms in total. The van der Waals surface area contributed by atoms with E-state index in [-0.39, 0.29) is 5.95 Å². The Kier molecular flexibility index (Phi) is 2.11. The maximum atomic E-state index is 5.44. The van der Waals surface area contributed by atoms with E-state index in [0.29, 0.717) is 5.89 Å². The van der Waals surface area contributed by atoms with Gasteiger partial charge in [0, 0.05) is 22.7 Å². The second kappa shape index (κ2) is 3.62. The first-order chi connectivity index (χ1) is 8.28. The second-order valence-corrected chi connectivity index (χ2v) is 3.89. The summed E-state index contributed by atoms with van der Waals surface area (Å²) in [5.41, 5.74) is 8.71. The molecular formula is C12H12N4O. The van der Waals surface area contributed by atoms with E-state index in [0.717, 1.165) is 17.5 Å². The molecule has 2 aromatic heterocycles. The molecule has 0 spiro atoms. The van der Waals surface area contributed by atoms with Crippen molar-refractivity contribution >= 4 is 16.9 Å². The molecule has 3 rings (SSSR count). The number of hydrogen-bond donors (Lipinski definition) is 2. The number of fused-ring (bicyclic) bond motifs is 1. The normalized spacial score (nSPS) is 11.1. The maximum Gasteiger partial charge on any atom is 0.261 e. The van der Waals surface area contributed by atoms with Crippen molar-refractivity contribution in [1.29, 1.82) is 0 Å². The molecule has 0 aliphatic carbocycles. The van der Waals surface area contributed by atoms with E-state index in [2.05, 4.69) is 22.0 Å². The van der Waals surface area contributed by atoms with Crippen LogP contribution in [0.1, 0.15) is 12.5 Å². The monoisotopic (exact) mass is 228 g/mol. The minimum absolute atomic E-state index is 0.157. The molecule has 0 atom stereocenters. The number of anilines is 1. The molecule has 2 heterocycles. The Balaban J connectivity index is 2.18. The van der Waals surface area contributed by atoms with E-state index in [1.165, 1.54) is 10.9 Å². The van der Waals surface area contributed by atoms with E-state index in [9.17, 15) is 0 Å². The molecule has 0 unspecified atom stereocenters. The van der Waals surface area contributed by atoms with Gasteiger partial charge in [0.15, 0.2) is 0 Å². The van der Waals surface area contributed by atoms with Crippen LogP contribution in [0.15, 0.2) is 28.9 Å². The number of hydrogen-bond acceptors (Lipinski definition) is 4. The summed E-state index contributed by atoms with van der Waals surface area (Å²) in [6, 6.07) is 5.98. The van der Waals surface area contributed by atoms with Gasteiger partial charge in [-0.1, -0.05) is 6.92 Å². The van der Waals surface area contributed by atoms with Gasteiger partial charge in [-0.3, -0.25) is 0 Å². The fraction of sp³-hybridized carbons (Fsp3) is 0.167. The minimum Gasteiger partial charge on any atom is -0.365 e. The molecule has 0 radical (unpaired) electrons. The van der Waals surface area contributed by atoms with Gasteiger partial charge in [0.05, 0.1) is 0 Å². The Bertz CT molecular complexity index is 668. The van der Waals surface area contributed by atoms with Gasteiger partial charge in [-0.05, 0) is 35.3 Å². The number of benzene rings is 1. The highest BCUT2D eigenvalue weighted by Gasteiger charge is 2.09. The highest BCUT2D eigenvalue weighted by molar-refractivity contribution is 5.87. The first-order valence-electron chi connectivity index (χ1n) is 5.47. The van der Waals surface area contributed by atoms with Gasteiger partial charge >= 0.3 is 0 Å². The SMILES string of the molecule is CCc1c[nH]c2ccc(-c3nc(N)no3)cc12. The minimum atomic E-state index is 0.157. The van der Waals surface area contributed by atoms with Gasteiger partial charge in [-0.25, -0.2) is 0 Å². The second-order valence-electron chi connectivity index (χ2n) is 3.89. The predicted molar refractivity (Wildman–Crippen MR) is 65.4 cm³/mol. The first kappa shape index (κ1) is 9.89. The van der Waals surface area contributed by atoms with Gasteiger partial charge in [0.2, 0.25) is 0 Å². The lowest BCUT2D eigenvalue weighted by Gasteiger charge is -1.97. The van der Waals surface area contributed by atoms with Crippen molar-refractivity contribution in [2.45, 2.75) is 13.3 Å². The summed E-state index contributed by atoms with van der Waals surface area (Å²) in [6.07, 6.45) is 3.01. The lowest BCUT2D eigenvalue weighted by atomic mass is 10.1. The van der Waals surface area contributed by atoms with E-state index < -0.39 is 0 Å². The number of nitrogens with one attached hydrogen (secondary N) is 1. The van der Waals surface area contributed by atoms with Gasteiger partial charge in [-0.2, -0.15) is 4.98 Å². The van der Waals surface area contributed by atoms with Crippen molar-refractivity contribution in [3.63, 3.8) is 0 Å². The Hall–Kier alpha value is -2.30. The zero-order valence-corrected chi connectivity index (χ0v) is 9.40. The van der Waals surface area contributed by atoms with E-state index in [4.69, 9.17) is 10.3 Å². The van der Waals surface area contributed by atoms with Crippen LogP contribution in [-0.4, -0.2) is 15.1 Å². The van der Waals surface area contributed by atoms with Gasteiger partial charge in [0.25, 0.3) is 11.8 Å². The van der Waals surface area contributed by atoms with Crippen LogP contribution in [0, 0.1) is 0 Å². The highest BCUT2D eigenvalue weighted by Crippen LogP contribution is 2.25. The molecule has 0 aliphatic rings. The number of aryl methyl sites for hydroxylation is 1. The summed E-state index contributed by atoms with van der Waals surface area (Å²) < 4.78 is 5.05. The predicted octanol–water partition coefficient (Wildman–Crippen LogP) is 2.36. The lowest BCUT2D eigenvalue weighted by Crippen LogP contribution is -1.85. The van der Waals surface area contributed by atoms with Crippen LogP contribution in [0.25, 0.3) is 22.4 Å². The van der Waals surface area contributed by atoms with Crippen LogP contribution in [0.5, 0.6) is 0 Å². The smallest absolute Gasteiger partial charge is 0.261 e. The van der Waals surface area contributed by atoms with Crippen molar-refractivity contribution in [3.05, 3.63) is 30.0 Å². The molecule has 0 fully saturated rings. The first-order valence-corrected chi connectivity index (χ1v) is 5.47. The average Bonchev–Trinajstić information content (AvgIpc) is 2.94. The summed E-state index contributed by atoms with van der Waals surface area (Å²) >= 11 is 0. The number of H-pyrrole nitrogens is 1. The molecule has 5 heteroatoms. The Morgan fingerprint density at radius 3 is 3.00 bits per heavy atom. The van der Waals surface area contributed by atoms with Crippen LogP contribution < -0.4 is 5.73 Å². The molecular weight excluding hydrogens is 216 g/mol. The van der Waals surface area contributed by atoms with E-state index in [1.54, 1.807) is 0 Å². The van der Waals surface area contributed by atoms with E-state index >= 15 is 0 Å². The quantitative estimate of drug-likeness (QED) is 0.705. The fourth-order valence-electron chi connectivity index (χ4n) is 1.96. The van der Waals surface area contributed by atoms with Crippen LogP contribution in [-0.2, 0) is 6.42 Å². The zero-order chi connectivity index (χ0) is 11.8. The van der Waals surface area contributed by atoms with Crippen LogP contribution in [0.4, 0.5) is 5.95 Å². The van der Waals surface area contributed by atoms with Crippen molar-refractivity contribution < 1.29 is 4.52 Å². The summed E-state index contributed by atoms with van der Waals surface area (Å²) in [4.78, 5) is 7.25. The standard InChI is InChI=1S/C12H12N4O/c1-2-7-6-14-10-4-3-8(5-9(7)10)11-15-12(13)16-17-11/h3-6,14H,2H2,1H3,(H2,13,16). The van der Waals surface area contributed by atoms with Crippen LogP contribution in [0.3, 0.4) is 0 Å². The third-order valence-corrected chi connectivity index (χ3v) is 2.84. The molecule has 3 N–H and O–H groups in total. The number of nitrogen functional groups attached to an aromatic ring is 1. The maximum absolute atomic E-state index is 5.44. The Labute approximate surface area is 97.6 Å². The van der Waals surface area contributed by atoms with Gasteiger partial charge < -0.3 is 15.2 Å². The Morgan fingerprint density at radius 2 is 2.29 bits per heavy atom. The van der Waals surface area contributed by atoms with Crippen molar-refractivity contribution in [3.8, 4) is 11.5 Å². The number of nitrogens with two attached hydrogens (primary N) is 1. The van der Waals surface area contributed by atoms with Gasteiger partial charge in [0.1, 0.15) is 0 Å². The number of rotatable bonds is 2. The van der Waals surface area contributed by atoms with Crippen molar-refractivity contribution in [2.24, 2.45) is 0 Å². The van der Waals surface area contributed by atoms with Crippen molar-refractivity contribution in [1.82, 2.24) is 15.1 Å². The zero-order valence-electron chi connectivity index (χ0n) is 9.40. The van der Waals surface area contributed by atoms with Crippen molar-refractivity contribution in [2.75, 3.05) is 5.73 Å².